The lowest BCUT2D eigenvalue weighted by atomic mass is 10.1. The second-order valence-corrected chi connectivity index (χ2v) is 4.28. The summed E-state index contributed by atoms with van der Waals surface area (Å²) in [6, 6.07) is 0.622. The molecule has 0 radical (unpaired) electrons. The van der Waals surface area contributed by atoms with Crippen molar-refractivity contribution < 1.29 is 9.47 Å². The van der Waals surface area contributed by atoms with Gasteiger partial charge in [0.15, 0.2) is 6.29 Å². The van der Waals surface area contributed by atoms with Gasteiger partial charge >= 0.3 is 0 Å². The van der Waals surface area contributed by atoms with Gasteiger partial charge in [0.25, 0.3) is 0 Å². The van der Waals surface area contributed by atoms with E-state index in [2.05, 4.69) is 17.3 Å². The number of nitrogens with one attached hydrogen (secondary N) is 1. The van der Waals surface area contributed by atoms with Gasteiger partial charge in [0, 0.05) is 32.3 Å². The Labute approximate surface area is 99.3 Å². The van der Waals surface area contributed by atoms with E-state index in [9.17, 15) is 0 Å². The molecular formula is C12H26N2O2. The Morgan fingerprint density at radius 1 is 1.31 bits per heavy atom. The van der Waals surface area contributed by atoms with E-state index in [1.54, 1.807) is 0 Å². The Balaban J connectivity index is 2.30. The van der Waals surface area contributed by atoms with Gasteiger partial charge in [-0.05, 0) is 40.3 Å². The van der Waals surface area contributed by atoms with Gasteiger partial charge in [-0.1, -0.05) is 0 Å². The molecule has 0 aliphatic carbocycles. The molecule has 96 valence electrons. The van der Waals surface area contributed by atoms with Crippen LogP contribution in [0.3, 0.4) is 0 Å². The number of hydrogen-bond donors (Lipinski definition) is 1. The van der Waals surface area contributed by atoms with Crippen LogP contribution in [-0.4, -0.2) is 57.1 Å². The molecule has 1 heterocycles. The number of rotatable bonds is 7. The lowest BCUT2D eigenvalue weighted by molar-refractivity contribution is -0.148. The van der Waals surface area contributed by atoms with Crippen LogP contribution in [0, 0.1) is 0 Å². The molecule has 1 N–H and O–H groups in total. The first kappa shape index (κ1) is 13.9. The van der Waals surface area contributed by atoms with Crippen LogP contribution in [0.2, 0.25) is 0 Å². The monoisotopic (exact) mass is 230 g/mol. The van der Waals surface area contributed by atoms with Crippen LogP contribution in [0.1, 0.15) is 26.7 Å². The molecule has 0 saturated carbocycles. The highest BCUT2D eigenvalue weighted by atomic mass is 16.7. The topological polar surface area (TPSA) is 33.7 Å². The summed E-state index contributed by atoms with van der Waals surface area (Å²) in [5.74, 6) is 0. The molecule has 0 aromatic carbocycles. The molecule has 0 aromatic rings. The molecule has 4 heteroatoms. The molecule has 1 atom stereocenters. The molecule has 16 heavy (non-hydrogen) atoms. The minimum Gasteiger partial charge on any atom is -0.352 e. The zero-order valence-electron chi connectivity index (χ0n) is 10.9. The van der Waals surface area contributed by atoms with E-state index in [-0.39, 0.29) is 6.29 Å². The summed E-state index contributed by atoms with van der Waals surface area (Å²) >= 11 is 0. The molecule has 1 unspecified atom stereocenters. The van der Waals surface area contributed by atoms with Gasteiger partial charge < -0.3 is 14.8 Å². The van der Waals surface area contributed by atoms with E-state index >= 15 is 0 Å². The fourth-order valence-corrected chi connectivity index (χ4v) is 2.12. The quantitative estimate of drug-likeness (QED) is 0.663. The third kappa shape index (κ3) is 4.78. The molecule has 0 spiro atoms. The molecule has 0 bridgehead atoms. The number of nitrogens with zero attached hydrogens (tertiary/aromatic N) is 1. The average molecular weight is 230 g/mol. The summed E-state index contributed by atoms with van der Waals surface area (Å²) in [6.45, 7) is 8.53. The second-order valence-electron chi connectivity index (χ2n) is 4.28. The lowest BCUT2D eigenvalue weighted by Gasteiger charge is -2.33. The Kier molecular flexibility index (Phi) is 6.96. The highest BCUT2D eigenvalue weighted by Gasteiger charge is 2.20. The number of likely N-dealkylation sites (N-methyl/N-ethyl adjacent to an activating group) is 1. The van der Waals surface area contributed by atoms with E-state index in [0.717, 1.165) is 19.6 Å². The average Bonchev–Trinajstić information content (AvgIpc) is 2.31. The number of ether oxygens (including phenoxy) is 2. The van der Waals surface area contributed by atoms with Gasteiger partial charge in [0.05, 0.1) is 0 Å². The summed E-state index contributed by atoms with van der Waals surface area (Å²) in [5.41, 5.74) is 0. The van der Waals surface area contributed by atoms with E-state index in [4.69, 9.17) is 9.47 Å². The van der Waals surface area contributed by atoms with E-state index in [1.165, 1.54) is 12.8 Å². The Morgan fingerprint density at radius 2 is 2.00 bits per heavy atom. The predicted octanol–water partition coefficient (Wildman–Crippen LogP) is 1.07. The first-order valence-electron chi connectivity index (χ1n) is 6.42. The first-order valence-corrected chi connectivity index (χ1v) is 6.42. The largest absolute Gasteiger partial charge is 0.352 e. The Bertz CT molecular complexity index is 166. The normalized spacial score (nSPS) is 21.9. The SMILES string of the molecule is CCOC(CN(C)C1CCCNC1)OCC. The van der Waals surface area contributed by atoms with Gasteiger partial charge in [-0.2, -0.15) is 0 Å². The molecule has 1 fully saturated rings. The molecule has 1 saturated heterocycles. The standard InChI is InChI=1S/C12H26N2O2/c1-4-15-12(16-5-2)10-14(3)11-7-6-8-13-9-11/h11-13H,4-10H2,1-3H3. The van der Waals surface area contributed by atoms with Crippen LogP contribution in [-0.2, 0) is 9.47 Å². The highest BCUT2D eigenvalue weighted by Crippen LogP contribution is 2.10. The van der Waals surface area contributed by atoms with Crippen molar-refractivity contribution in [1.29, 1.82) is 0 Å². The van der Waals surface area contributed by atoms with Gasteiger partial charge in [0.2, 0.25) is 0 Å². The van der Waals surface area contributed by atoms with Crippen LogP contribution in [0.15, 0.2) is 0 Å². The smallest absolute Gasteiger partial charge is 0.170 e. The maximum absolute atomic E-state index is 5.56. The molecule has 1 rings (SSSR count). The van der Waals surface area contributed by atoms with Crippen molar-refractivity contribution in [2.75, 3.05) is 39.9 Å². The summed E-state index contributed by atoms with van der Waals surface area (Å²) in [5, 5.41) is 3.43. The predicted molar refractivity (Wildman–Crippen MR) is 65.6 cm³/mol. The first-order chi connectivity index (χ1) is 7.77. The van der Waals surface area contributed by atoms with Crippen molar-refractivity contribution >= 4 is 0 Å². The second kappa shape index (κ2) is 8.01. The van der Waals surface area contributed by atoms with Gasteiger partial charge in [0.1, 0.15) is 0 Å². The van der Waals surface area contributed by atoms with Crippen molar-refractivity contribution in [1.82, 2.24) is 10.2 Å². The van der Waals surface area contributed by atoms with E-state index in [1.807, 2.05) is 13.8 Å². The minimum absolute atomic E-state index is 0.0815. The van der Waals surface area contributed by atoms with Gasteiger partial charge in [-0.3, -0.25) is 4.90 Å². The molecule has 4 nitrogen and oxygen atoms in total. The maximum Gasteiger partial charge on any atom is 0.170 e. The van der Waals surface area contributed by atoms with Crippen LogP contribution in [0.5, 0.6) is 0 Å². The number of piperidine rings is 1. The van der Waals surface area contributed by atoms with Crippen molar-refractivity contribution in [2.45, 2.75) is 39.0 Å². The maximum atomic E-state index is 5.56. The summed E-state index contributed by atoms with van der Waals surface area (Å²) in [4.78, 5) is 2.35. The number of hydrogen-bond acceptors (Lipinski definition) is 4. The third-order valence-electron chi connectivity index (χ3n) is 3.04. The summed E-state index contributed by atoms with van der Waals surface area (Å²) in [7, 11) is 2.16. The zero-order chi connectivity index (χ0) is 11.8. The van der Waals surface area contributed by atoms with Gasteiger partial charge in [-0.15, -0.1) is 0 Å². The van der Waals surface area contributed by atoms with Crippen molar-refractivity contribution in [3.8, 4) is 0 Å². The van der Waals surface area contributed by atoms with Crippen molar-refractivity contribution in [3.05, 3.63) is 0 Å². The fourth-order valence-electron chi connectivity index (χ4n) is 2.12. The van der Waals surface area contributed by atoms with E-state index < -0.39 is 0 Å². The fraction of sp³-hybridized carbons (Fsp3) is 1.00. The Hall–Kier alpha value is -0.160. The van der Waals surface area contributed by atoms with Crippen molar-refractivity contribution in [3.63, 3.8) is 0 Å². The van der Waals surface area contributed by atoms with E-state index in [0.29, 0.717) is 19.3 Å². The van der Waals surface area contributed by atoms with Gasteiger partial charge in [-0.25, -0.2) is 0 Å². The van der Waals surface area contributed by atoms with Crippen LogP contribution in [0.25, 0.3) is 0 Å². The lowest BCUT2D eigenvalue weighted by Crippen LogP contribution is -2.47. The van der Waals surface area contributed by atoms with Crippen molar-refractivity contribution in [2.24, 2.45) is 0 Å². The summed E-state index contributed by atoms with van der Waals surface area (Å²) in [6.07, 6.45) is 2.46. The third-order valence-corrected chi connectivity index (χ3v) is 3.04. The molecule has 0 amide bonds. The molecule has 1 aliphatic heterocycles. The molecular weight excluding hydrogens is 204 g/mol. The Morgan fingerprint density at radius 3 is 2.50 bits per heavy atom. The minimum atomic E-state index is -0.0815. The zero-order valence-corrected chi connectivity index (χ0v) is 10.9. The summed E-state index contributed by atoms with van der Waals surface area (Å²) < 4.78 is 11.1. The van der Waals surface area contributed by atoms with Crippen LogP contribution < -0.4 is 5.32 Å². The molecule has 0 aromatic heterocycles. The van der Waals surface area contributed by atoms with Crippen LogP contribution in [0.4, 0.5) is 0 Å². The van der Waals surface area contributed by atoms with Crippen LogP contribution >= 0.6 is 0 Å². The highest BCUT2D eigenvalue weighted by molar-refractivity contribution is 4.76. The molecule has 1 aliphatic rings.